The van der Waals surface area contributed by atoms with Gasteiger partial charge in [0.2, 0.25) is 0 Å². The maximum atomic E-state index is 2.42. The Balaban J connectivity index is 1.88. The molecule has 18 heavy (non-hydrogen) atoms. The van der Waals surface area contributed by atoms with Crippen molar-refractivity contribution in [3.8, 4) is 10.4 Å². The van der Waals surface area contributed by atoms with Crippen LogP contribution in [0.4, 0.5) is 0 Å². The minimum atomic E-state index is 0.805. The van der Waals surface area contributed by atoms with E-state index in [4.69, 9.17) is 0 Å². The predicted molar refractivity (Wildman–Crippen MR) is 80.3 cm³/mol. The first kappa shape index (κ1) is 12.0. The van der Waals surface area contributed by atoms with Crippen molar-refractivity contribution in [2.45, 2.75) is 44.9 Å². The first-order chi connectivity index (χ1) is 8.83. The lowest BCUT2D eigenvalue weighted by atomic mass is 9.83. The molecule has 0 spiro atoms. The van der Waals surface area contributed by atoms with Crippen molar-refractivity contribution < 1.29 is 0 Å². The van der Waals surface area contributed by atoms with Gasteiger partial charge in [0.05, 0.1) is 0 Å². The van der Waals surface area contributed by atoms with Crippen molar-refractivity contribution in [3.05, 3.63) is 46.8 Å². The number of rotatable bonds is 2. The summed E-state index contributed by atoms with van der Waals surface area (Å²) in [6.45, 7) is 2.17. The molecule has 0 nitrogen and oxygen atoms in total. The molecule has 1 aliphatic carbocycles. The van der Waals surface area contributed by atoms with Crippen LogP contribution in [0, 0.1) is 6.92 Å². The minimum absolute atomic E-state index is 0.805. The summed E-state index contributed by atoms with van der Waals surface area (Å²) in [7, 11) is 0. The van der Waals surface area contributed by atoms with Gasteiger partial charge in [0.15, 0.2) is 0 Å². The third kappa shape index (κ3) is 2.51. The van der Waals surface area contributed by atoms with E-state index in [2.05, 4.69) is 42.6 Å². The van der Waals surface area contributed by atoms with Crippen molar-refractivity contribution in [1.82, 2.24) is 0 Å². The molecule has 0 saturated heterocycles. The molecule has 1 heteroatoms. The third-order valence-electron chi connectivity index (χ3n) is 3.98. The van der Waals surface area contributed by atoms with Gasteiger partial charge in [-0.1, -0.05) is 43.5 Å². The summed E-state index contributed by atoms with van der Waals surface area (Å²) in [6, 6.07) is 11.5. The standard InChI is InChI=1S/C17H20S/c1-13-10-17(18-12-13)16-9-5-8-15(11-16)14-6-3-2-4-7-14/h5,8-12,14H,2-4,6-7H2,1H3. The second-order valence-corrected chi connectivity index (χ2v) is 6.36. The van der Waals surface area contributed by atoms with E-state index in [9.17, 15) is 0 Å². The van der Waals surface area contributed by atoms with Crippen molar-refractivity contribution in [3.63, 3.8) is 0 Å². The van der Waals surface area contributed by atoms with Gasteiger partial charge in [0.1, 0.15) is 0 Å². The molecule has 0 amide bonds. The average molecular weight is 256 g/mol. The van der Waals surface area contributed by atoms with Crippen LogP contribution in [0.3, 0.4) is 0 Å². The highest BCUT2D eigenvalue weighted by Crippen LogP contribution is 2.35. The van der Waals surface area contributed by atoms with Crippen LogP contribution >= 0.6 is 11.3 Å². The average Bonchev–Trinajstić information content (AvgIpc) is 2.87. The molecule has 3 rings (SSSR count). The summed E-state index contributed by atoms with van der Waals surface area (Å²) >= 11 is 1.86. The van der Waals surface area contributed by atoms with Gasteiger partial charge < -0.3 is 0 Å². The van der Waals surface area contributed by atoms with Gasteiger partial charge in [0, 0.05) is 4.88 Å². The molecule has 1 fully saturated rings. The van der Waals surface area contributed by atoms with E-state index >= 15 is 0 Å². The Bertz CT molecular complexity index is 518. The molecule has 0 N–H and O–H groups in total. The van der Waals surface area contributed by atoms with Crippen molar-refractivity contribution in [2.75, 3.05) is 0 Å². The second kappa shape index (κ2) is 5.27. The first-order valence-corrected chi connectivity index (χ1v) is 7.86. The predicted octanol–water partition coefficient (Wildman–Crippen LogP) is 5.77. The molecule has 1 aromatic carbocycles. The largest absolute Gasteiger partial charge is 0.144 e. The Kier molecular flexibility index (Phi) is 3.51. The lowest BCUT2D eigenvalue weighted by Crippen LogP contribution is -2.04. The molecule has 0 atom stereocenters. The van der Waals surface area contributed by atoms with Gasteiger partial charge in [-0.3, -0.25) is 0 Å². The van der Waals surface area contributed by atoms with Gasteiger partial charge in [-0.15, -0.1) is 11.3 Å². The van der Waals surface area contributed by atoms with E-state index in [-0.39, 0.29) is 0 Å². The quantitative estimate of drug-likeness (QED) is 0.639. The molecule has 0 bridgehead atoms. The molecule has 0 unspecified atom stereocenters. The lowest BCUT2D eigenvalue weighted by Gasteiger charge is -2.22. The van der Waals surface area contributed by atoms with Gasteiger partial charge in [-0.2, -0.15) is 0 Å². The highest BCUT2D eigenvalue weighted by molar-refractivity contribution is 7.13. The van der Waals surface area contributed by atoms with E-state index < -0.39 is 0 Å². The Morgan fingerprint density at radius 1 is 1.06 bits per heavy atom. The van der Waals surface area contributed by atoms with E-state index in [1.165, 1.54) is 48.1 Å². The van der Waals surface area contributed by atoms with E-state index in [1.807, 2.05) is 11.3 Å². The fourth-order valence-electron chi connectivity index (χ4n) is 2.96. The highest BCUT2D eigenvalue weighted by atomic mass is 32.1. The van der Waals surface area contributed by atoms with Gasteiger partial charge in [-0.05, 0) is 53.8 Å². The topological polar surface area (TPSA) is 0 Å². The molecular formula is C17H20S. The monoisotopic (exact) mass is 256 g/mol. The zero-order chi connectivity index (χ0) is 12.4. The summed E-state index contributed by atoms with van der Waals surface area (Å²) in [5.41, 5.74) is 4.33. The maximum Gasteiger partial charge on any atom is 0.0345 e. The minimum Gasteiger partial charge on any atom is -0.144 e. The Hall–Kier alpha value is -1.08. The van der Waals surface area contributed by atoms with E-state index in [1.54, 1.807) is 5.56 Å². The molecule has 0 radical (unpaired) electrons. The van der Waals surface area contributed by atoms with Crippen LogP contribution in [-0.4, -0.2) is 0 Å². The number of aryl methyl sites for hydroxylation is 1. The fraction of sp³-hybridized carbons (Fsp3) is 0.412. The summed E-state index contributed by atoms with van der Waals surface area (Å²) < 4.78 is 0. The molecule has 0 aliphatic heterocycles. The molecule has 1 aromatic heterocycles. The van der Waals surface area contributed by atoms with Gasteiger partial charge in [0.25, 0.3) is 0 Å². The normalized spacial score (nSPS) is 16.9. The number of hydrogen-bond acceptors (Lipinski definition) is 1. The fourth-order valence-corrected chi connectivity index (χ4v) is 3.86. The summed E-state index contributed by atoms with van der Waals surface area (Å²) in [5.74, 6) is 0.805. The SMILES string of the molecule is Cc1csc(-c2cccc(C3CCCCC3)c2)c1. The van der Waals surface area contributed by atoms with Crippen LogP contribution < -0.4 is 0 Å². The Morgan fingerprint density at radius 3 is 2.61 bits per heavy atom. The van der Waals surface area contributed by atoms with Crippen molar-refractivity contribution >= 4 is 11.3 Å². The first-order valence-electron chi connectivity index (χ1n) is 6.98. The number of thiophene rings is 1. The van der Waals surface area contributed by atoms with Crippen LogP contribution in [0.15, 0.2) is 35.7 Å². The molecule has 1 heterocycles. The van der Waals surface area contributed by atoms with Crippen molar-refractivity contribution in [1.29, 1.82) is 0 Å². The Labute approximate surface area is 114 Å². The van der Waals surface area contributed by atoms with Crippen LogP contribution in [0.25, 0.3) is 10.4 Å². The van der Waals surface area contributed by atoms with Crippen LogP contribution in [0.2, 0.25) is 0 Å². The summed E-state index contributed by atoms with van der Waals surface area (Å²) in [6.07, 6.45) is 7.01. The maximum absolute atomic E-state index is 2.42. The zero-order valence-electron chi connectivity index (χ0n) is 11.0. The van der Waals surface area contributed by atoms with E-state index in [0.717, 1.165) is 5.92 Å². The molecule has 94 valence electrons. The third-order valence-corrected chi connectivity index (χ3v) is 5.08. The molecular weight excluding hydrogens is 236 g/mol. The molecule has 1 aliphatic rings. The van der Waals surface area contributed by atoms with Crippen LogP contribution in [0.1, 0.15) is 49.1 Å². The smallest absolute Gasteiger partial charge is 0.0345 e. The number of hydrogen-bond donors (Lipinski definition) is 0. The van der Waals surface area contributed by atoms with E-state index in [0.29, 0.717) is 0 Å². The highest BCUT2D eigenvalue weighted by Gasteiger charge is 2.15. The number of benzene rings is 1. The molecule has 1 saturated carbocycles. The van der Waals surface area contributed by atoms with Gasteiger partial charge in [-0.25, -0.2) is 0 Å². The summed E-state index contributed by atoms with van der Waals surface area (Å²) in [5, 5.41) is 2.24. The van der Waals surface area contributed by atoms with Crippen LogP contribution in [-0.2, 0) is 0 Å². The van der Waals surface area contributed by atoms with Crippen molar-refractivity contribution in [2.24, 2.45) is 0 Å². The Morgan fingerprint density at radius 2 is 1.89 bits per heavy atom. The zero-order valence-corrected chi connectivity index (χ0v) is 11.8. The van der Waals surface area contributed by atoms with Gasteiger partial charge >= 0.3 is 0 Å². The molecule has 2 aromatic rings. The second-order valence-electron chi connectivity index (χ2n) is 5.45. The lowest BCUT2D eigenvalue weighted by molar-refractivity contribution is 0.444. The van der Waals surface area contributed by atoms with Crippen LogP contribution in [0.5, 0.6) is 0 Å². The summed E-state index contributed by atoms with van der Waals surface area (Å²) in [4.78, 5) is 1.41.